The Morgan fingerprint density at radius 1 is 0.969 bits per heavy atom. The Hall–Kier alpha value is -2.73. The number of hydrogen-bond acceptors (Lipinski definition) is 4. The first-order chi connectivity index (χ1) is 15.7. The average molecular weight is 435 g/mol. The molecule has 1 aromatic carbocycles. The molecular formula is C26H34N4O2. The Balaban J connectivity index is 1.22. The van der Waals surface area contributed by atoms with E-state index >= 15 is 0 Å². The molecule has 1 aromatic heterocycles. The summed E-state index contributed by atoms with van der Waals surface area (Å²) in [7, 11) is 0. The van der Waals surface area contributed by atoms with E-state index in [2.05, 4.69) is 26.6 Å². The quantitative estimate of drug-likeness (QED) is 0.693. The minimum atomic E-state index is -0.0642. The van der Waals surface area contributed by atoms with Gasteiger partial charge in [-0.1, -0.05) is 37.5 Å². The second kappa shape index (κ2) is 11.2. The molecule has 1 saturated heterocycles. The summed E-state index contributed by atoms with van der Waals surface area (Å²) in [6.45, 7) is 2.69. The molecule has 2 amide bonds. The van der Waals surface area contributed by atoms with E-state index in [4.69, 9.17) is 0 Å². The molecule has 1 saturated carbocycles. The molecule has 170 valence electrons. The largest absolute Gasteiger partial charge is 0.353 e. The molecule has 2 heterocycles. The third kappa shape index (κ3) is 6.63. The maximum Gasteiger partial charge on any atom is 0.230 e. The number of carbonyl (C=O) groups is 2. The Kier molecular flexibility index (Phi) is 7.88. The van der Waals surface area contributed by atoms with Crippen molar-refractivity contribution in [1.82, 2.24) is 15.2 Å². The van der Waals surface area contributed by atoms with Crippen LogP contribution in [0.5, 0.6) is 0 Å². The fraction of sp³-hybridized carbons (Fsp3) is 0.500. The molecule has 1 aliphatic carbocycles. The SMILES string of the molecule is O=C(Cc1ccccn1)Nc1cccc(CN2CCC(C(=O)NC3CCCCC3)CC2)c1. The van der Waals surface area contributed by atoms with Crippen molar-refractivity contribution in [1.29, 1.82) is 0 Å². The van der Waals surface area contributed by atoms with Crippen molar-refractivity contribution >= 4 is 17.5 Å². The second-order valence-corrected chi connectivity index (χ2v) is 9.14. The Labute approximate surface area is 190 Å². The molecule has 0 radical (unpaired) electrons. The molecule has 0 atom stereocenters. The van der Waals surface area contributed by atoms with Gasteiger partial charge < -0.3 is 10.6 Å². The number of nitrogens with zero attached hydrogens (tertiary/aromatic N) is 2. The van der Waals surface area contributed by atoms with Gasteiger partial charge in [0.15, 0.2) is 0 Å². The Bertz CT molecular complexity index is 888. The van der Waals surface area contributed by atoms with Crippen LogP contribution in [0, 0.1) is 5.92 Å². The van der Waals surface area contributed by atoms with Gasteiger partial charge in [0.25, 0.3) is 0 Å². The molecular weight excluding hydrogens is 400 g/mol. The molecule has 1 aliphatic heterocycles. The number of aromatic nitrogens is 1. The molecule has 0 spiro atoms. The van der Waals surface area contributed by atoms with Crippen LogP contribution in [-0.4, -0.2) is 40.8 Å². The Morgan fingerprint density at radius 2 is 1.78 bits per heavy atom. The lowest BCUT2D eigenvalue weighted by Gasteiger charge is -2.32. The summed E-state index contributed by atoms with van der Waals surface area (Å²) >= 11 is 0. The van der Waals surface area contributed by atoms with Gasteiger partial charge in [-0.05, 0) is 68.6 Å². The first kappa shape index (κ1) is 22.5. The highest BCUT2D eigenvalue weighted by atomic mass is 16.2. The van der Waals surface area contributed by atoms with Crippen LogP contribution in [-0.2, 0) is 22.6 Å². The van der Waals surface area contributed by atoms with E-state index in [0.29, 0.717) is 6.04 Å². The number of piperidine rings is 1. The zero-order valence-corrected chi connectivity index (χ0v) is 18.8. The van der Waals surface area contributed by atoms with Gasteiger partial charge in [-0.25, -0.2) is 0 Å². The maximum absolute atomic E-state index is 12.6. The van der Waals surface area contributed by atoms with Gasteiger partial charge >= 0.3 is 0 Å². The number of amides is 2. The van der Waals surface area contributed by atoms with Crippen molar-refractivity contribution in [2.24, 2.45) is 5.92 Å². The minimum Gasteiger partial charge on any atom is -0.353 e. The normalized spacial score (nSPS) is 18.2. The predicted molar refractivity (Wildman–Crippen MR) is 126 cm³/mol. The van der Waals surface area contributed by atoms with Gasteiger partial charge in [0.05, 0.1) is 6.42 Å². The minimum absolute atomic E-state index is 0.0642. The standard InChI is InChI=1S/C26H34N4O2/c31-25(18-23-10-4-5-14-27-23)28-24-11-6-7-20(17-24)19-30-15-12-21(13-16-30)26(32)29-22-8-2-1-3-9-22/h4-7,10-11,14,17,21-22H,1-3,8-9,12-13,15-16,18-19H2,(H,28,31)(H,29,32). The van der Waals surface area contributed by atoms with Crippen LogP contribution < -0.4 is 10.6 Å². The van der Waals surface area contributed by atoms with E-state index in [9.17, 15) is 9.59 Å². The van der Waals surface area contributed by atoms with Crippen molar-refractivity contribution in [3.05, 3.63) is 59.9 Å². The number of likely N-dealkylation sites (tertiary alicyclic amines) is 1. The zero-order chi connectivity index (χ0) is 22.2. The van der Waals surface area contributed by atoms with Gasteiger partial charge in [0.2, 0.25) is 11.8 Å². The lowest BCUT2D eigenvalue weighted by molar-refractivity contribution is -0.127. The number of rotatable bonds is 7. The van der Waals surface area contributed by atoms with Crippen molar-refractivity contribution in [3.8, 4) is 0 Å². The van der Waals surface area contributed by atoms with Crippen LogP contribution in [0.4, 0.5) is 5.69 Å². The third-order valence-corrected chi connectivity index (χ3v) is 6.59. The van der Waals surface area contributed by atoms with Crippen LogP contribution in [0.1, 0.15) is 56.2 Å². The number of hydrogen-bond donors (Lipinski definition) is 2. The first-order valence-corrected chi connectivity index (χ1v) is 12.0. The second-order valence-electron chi connectivity index (χ2n) is 9.14. The van der Waals surface area contributed by atoms with Crippen molar-refractivity contribution in [3.63, 3.8) is 0 Å². The molecule has 2 aliphatic rings. The van der Waals surface area contributed by atoms with Crippen molar-refractivity contribution < 1.29 is 9.59 Å². The Morgan fingerprint density at radius 3 is 2.53 bits per heavy atom. The predicted octanol–water partition coefficient (Wildman–Crippen LogP) is 3.92. The van der Waals surface area contributed by atoms with Crippen molar-refractivity contribution in [2.75, 3.05) is 18.4 Å². The lowest BCUT2D eigenvalue weighted by Crippen LogP contribution is -2.44. The van der Waals surface area contributed by atoms with E-state index in [1.54, 1.807) is 6.20 Å². The highest BCUT2D eigenvalue weighted by Gasteiger charge is 2.27. The fourth-order valence-electron chi connectivity index (χ4n) is 4.80. The van der Waals surface area contributed by atoms with Crippen LogP contribution in [0.15, 0.2) is 48.7 Å². The molecule has 2 fully saturated rings. The summed E-state index contributed by atoms with van der Waals surface area (Å²) in [5, 5.41) is 6.27. The van der Waals surface area contributed by atoms with Gasteiger partial charge in [0, 0.05) is 36.1 Å². The molecule has 0 bridgehead atoms. The first-order valence-electron chi connectivity index (χ1n) is 12.0. The summed E-state index contributed by atoms with van der Waals surface area (Å²) in [6, 6.07) is 14.0. The molecule has 6 heteroatoms. The van der Waals surface area contributed by atoms with Gasteiger partial charge in [-0.3, -0.25) is 19.5 Å². The monoisotopic (exact) mass is 434 g/mol. The van der Waals surface area contributed by atoms with E-state index in [1.165, 1.54) is 24.8 Å². The average Bonchev–Trinajstić information content (AvgIpc) is 2.81. The summed E-state index contributed by atoms with van der Waals surface area (Å²) in [6.07, 6.45) is 9.86. The van der Waals surface area contributed by atoms with E-state index < -0.39 is 0 Å². The lowest BCUT2D eigenvalue weighted by atomic mass is 9.92. The summed E-state index contributed by atoms with van der Waals surface area (Å²) in [4.78, 5) is 31.6. The zero-order valence-electron chi connectivity index (χ0n) is 18.8. The highest BCUT2D eigenvalue weighted by molar-refractivity contribution is 5.92. The number of anilines is 1. The molecule has 2 N–H and O–H groups in total. The van der Waals surface area contributed by atoms with Crippen LogP contribution in [0.3, 0.4) is 0 Å². The van der Waals surface area contributed by atoms with Crippen molar-refractivity contribution in [2.45, 2.75) is 64.0 Å². The smallest absolute Gasteiger partial charge is 0.230 e. The topological polar surface area (TPSA) is 74.3 Å². The van der Waals surface area contributed by atoms with E-state index in [0.717, 1.165) is 56.7 Å². The summed E-state index contributed by atoms with van der Waals surface area (Å²) < 4.78 is 0. The molecule has 4 rings (SSSR count). The molecule has 0 unspecified atom stereocenters. The molecule has 6 nitrogen and oxygen atoms in total. The molecule has 2 aromatic rings. The number of carbonyl (C=O) groups excluding carboxylic acids is 2. The van der Waals surface area contributed by atoms with Gasteiger partial charge in [-0.2, -0.15) is 0 Å². The fourth-order valence-corrected chi connectivity index (χ4v) is 4.80. The molecule has 32 heavy (non-hydrogen) atoms. The highest BCUT2D eigenvalue weighted by Crippen LogP contribution is 2.22. The van der Waals surface area contributed by atoms with Crippen LogP contribution in [0.2, 0.25) is 0 Å². The number of pyridine rings is 1. The van der Waals surface area contributed by atoms with Gasteiger partial charge in [-0.15, -0.1) is 0 Å². The summed E-state index contributed by atoms with van der Waals surface area (Å²) in [5.74, 6) is 0.338. The van der Waals surface area contributed by atoms with Crippen LogP contribution in [0.25, 0.3) is 0 Å². The summed E-state index contributed by atoms with van der Waals surface area (Å²) in [5.41, 5.74) is 2.74. The van der Waals surface area contributed by atoms with E-state index in [-0.39, 0.29) is 24.2 Å². The van der Waals surface area contributed by atoms with Gasteiger partial charge in [0.1, 0.15) is 0 Å². The maximum atomic E-state index is 12.6. The third-order valence-electron chi connectivity index (χ3n) is 6.59. The number of benzene rings is 1. The van der Waals surface area contributed by atoms with E-state index in [1.807, 2.05) is 36.4 Å². The van der Waals surface area contributed by atoms with Crippen LogP contribution >= 0.6 is 0 Å². The number of nitrogens with one attached hydrogen (secondary N) is 2.